The first-order valence-corrected chi connectivity index (χ1v) is 7.64. The fraction of sp³-hybridized carbons (Fsp3) is 0.438. The molecule has 3 heteroatoms. The SMILES string of the molecule is C/C1=C(\C)CC(C)C(=O)N(C)c2ccccc2SC1. The number of carbonyl (C=O) groups is 1. The number of para-hydroxylation sites is 1. The molecule has 2 nitrogen and oxygen atoms in total. The van der Waals surface area contributed by atoms with Crippen molar-refractivity contribution in [2.24, 2.45) is 5.92 Å². The van der Waals surface area contributed by atoms with Crippen LogP contribution in [0.3, 0.4) is 0 Å². The first-order valence-electron chi connectivity index (χ1n) is 6.65. The molecule has 0 saturated carbocycles. The van der Waals surface area contributed by atoms with Crippen molar-refractivity contribution in [2.45, 2.75) is 32.1 Å². The van der Waals surface area contributed by atoms with Gasteiger partial charge in [0.25, 0.3) is 0 Å². The second-order valence-corrected chi connectivity index (χ2v) is 6.34. The van der Waals surface area contributed by atoms with Gasteiger partial charge in [-0.3, -0.25) is 4.79 Å². The highest BCUT2D eigenvalue weighted by atomic mass is 32.2. The number of amides is 1. The summed E-state index contributed by atoms with van der Waals surface area (Å²) in [7, 11) is 1.88. The third-order valence-corrected chi connectivity index (χ3v) is 5.00. The van der Waals surface area contributed by atoms with E-state index in [0.717, 1.165) is 17.9 Å². The Bertz CT molecular complexity index is 521. The molecule has 1 aromatic carbocycles. The molecule has 19 heavy (non-hydrogen) atoms. The molecule has 1 atom stereocenters. The molecular formula is C16H21NOS. The Morgan fingerprint density at radius 2 is 1.89 bits per heavy atom. The van der Waals surface area contributed by atoms with Gasteiger partial charge in [0.05, 0.1) is 5.69 Å². The third-order valence-electron chi connectivity index (χ3n) is 3.76. The van der Waals surface area contributed by atoms with Gasteiger partial charge in [-0.15, -0.1) is 11.8 Å². The number of allylic oxidation sites excluding steroid dienone is 1. The Labute approximate surface area is 119 Å². The molecule has 0 N–H and O–H groups in total. The van der Waals surface area contributed by atoms with Crippen LogP contribution < -0.4 is 4.90 Å². The van der Waals surface area contributed by atoms with E-state index in [9.17, 15) is 4.79 Å². The van der Waals surface area contributed by atoms with Crippen LogP contribution >= 0.6 is 11.8 Å². The quantitative estimate of drug-likeness (QED) is 0.664. The van der Waals surface area contributed by atoms with Gasteiger partial charge in [0, 0.05) is 23.6 Å². The van der Waals surface area contributed by atoms with Crippen molar-refractivity contribution in [3.05, 3.63) is 35.4 Å². The summed E-state index contributed by atoms with van der Waals surface area (Å²) in [4.78, 5) is 15.5. The maximum atomic E-state index is 12.5. The standard InChI is InChI=1S/C16H21NOS/c1-11-9-12(2)16(18)17(4)14-7-5-6-8-15(14)19-10-13(11)3/h5-8,12H,9-10H2,1-4H3/b13-11-. The van der Waals surface area contributed by atoms with Gasteiger partial charge in [0.1, 0.15) is 0 Å². The summed E-state index contributed by atoms with van der Waals surface area (Å²) >= 11 is 1.81. The number of hydrogen-bond acceptors (Lipinski definition) is 2. The Hall–Kier alpha value is -1.22. The van der Waals surface area contributed by atoms with Crippen LogP contribution in [0.1, 0.15) is 27.2 Å². The van der Waals surface area contributed by atoms with Crippen LogP contribution in [0.4, 0.5) is 5.69 Å². The largest absolute Gasteiger partial charge is 0.314 e. The lowest BCUT2D eigenvalue weighted by molar-refractivity contribution is -0.121. The fourth-order valence-corrected chi connectivity index (χ4v) is 3.48. The lowest BCUT2D eigenvalue weighted by Crippen LogP contribution is -2.32. The molecular weight excluding hydrogens is 254 g/mol. The molecule has 2 rings (SSSR count). The van der Waals surface area contributed by atoms with E-state index >= 15 is 0 Å². The summed E-state index contributed by atoms with van der Waals surface area (Å²) in [6.45, 7) is 6.34. The van der Waals surface area contributed by atoms with Crippen molar-refractivity contribution in [2.75, 3.05) is 17.7 Å². The number of thioether (sulfide) groups is 1. The average molecular weight is 275 g/mol. The second-order valence-electron chi connectivity index (χ2n) is 5.32. The maximum Gasteiger partial charge on any atom is 0.229 e. The van der Waals surface area contributed by atoms with Gasteiger partial charge in [-0.2, -0.15) is 0 Å². The van der Waals surface area contributed by atoms with E-state index < -0.39 is 0 Å². The summed E-state index contributed by atoms with van der Waals surface area (Å²) in [5.41, 5.74) is 3.77. The molecule has 0 fully saturated rings. The molecule has 0 aromatic heterocycles. The average Bonchev–Trinajstić information content (AvgIpc) is 2.42. The Morgan fingerprint density at radius 3 is 2.63 bits per heavy atom. The van der Waals surface area contributed by atoms with E-state index in [1.54, 1.807) is 4.90 Å². The summed E-state index contributed by atoms with van der Waals surface area (Å²) in [6.07, 6.45) is 0.859. The van der Waals surface area contributed by atoms with E-state index in [-0.39, 0.29) is 11.8 Å². The van der Waals surface area contributed by atoms with Crippen molar-refractivity contribution in [3.63, 3.8) is 0 Å². The minimum atomic E-state index is 0.0381. The molecule has 0 bridgehead atoms. The predicted molar refractivity (Wildman–Crippen MR) is 82.7 cm³/mol. The molecule has 1 heterocycles. The topological polar surface area (TPSA) is 20.3 Å². The van der Waals surface area contributed by atoms with Crippen molar-refractivity contribution in [1.82, 2.24) is 0 Å². The maximum absolute atomic E-state index is 12.5. The Balaban J connectivity index is 2.45. The number of fused-ring (bicyclic) bond motifs is 1. The first-order chi connectivity index (χ1) is 9.00. The lowest BCUT2D eigenvalue weighted by atomic mass is 9.98. The number of benzene rings is 1. The van der Waals surface area contributed by atoms with E-state index in [1.165, 1.54) is 16.0 Å². The molecule has 1 amide bonds. The van der Waals surface area contributed by atoms with Crippen molar-refractivity contribution < 1.29 is 4.79 Å². The molecule has 1 unspecified atom stereocenters. The van der Waals surface area contributed by atoms with Crippen LogP contribution in [0.15, 0.2) is 40.3 Å². The molecule has 0 aliphatic carbocycles. The van der Waals surface area contributed by atoms with E-state index in [1.807, 2.05) is 43.9 Å². The lowest BCUT2D eigenvalue weighted by Gasteiger charge is -2.25. The van der Waals surface area contributed by atoms with Crippen LogP contribution in [-0.2, 0) is 4.79 Å². The fourth-order valence-electron chi connectivity index (χ4n) is 2.34. The second kappa shape index (κ2) is 5.83. The van der Waals surface area contributed by atoms with E-state index in [2.05, 4.69) is 19.9 Å². The van der Waals surface area contributed by atoms with Crippen LogP contribution in [0.2, 0.25) is 0 Å². The molecule has 1 aliphatic rings. The molecule has 1 aliphatic heterocycles. The van der Waals surface area contributed by atoms with Gasteiger partial charge in [-0.05, 0) is 32.4 Å². The molecule has 0 spiro atoms. The minimum Gasteiger partial charge on any atom is -0.314 e. The number of hydrogen-bond donors (Lipinski definition) is 0. The highest BCUT2D eigenvalue weighted by Gasteiger charge is 2.22. The summed E-state index contributed by atoms with van der Waals surface area (Å²) in [5, 5.41) is 0. The zero-order chi connectivity index (χ0) is 14.0. The van der Waals surface area contributed by atoms with Crippen molar-refractivity contribution in [1.29, 1.82) is 0 Å². The van der Waals surface area contributed by atoms with E-state index in [0.29, 0.717) is 0 Å². The van der Waals surface area contributed by atoms with Gasteiger partial charge < -0.3 is 4.90 Å². The summed E-state index contributed by atoms with van der Waals surface area (Å²) in [5.74, 6) is 1.23. The molecule has 0 saturated heterocycles. The van der Waals surface area contributed by atoms with E-state index in [4.69, 9.17) is 0 Å². The number of rotatable bonds is 0. The number of carbonyl (C=O) groups excluding carboxylic acids is 1. The molecule has 1 aromatic rings. The van der Waals surface area contributed by atoms with Gasteiger partial charge in [0.15, 0.2) is 0 Å². The van der Waals surface area contributed by atoms with Crippen LogP contribution in [0.5, 0.6) is 0 Å². The smallest absolute Gasteiger partial charge is 0.229 e. The summed E-state index contributed by atoms with van der Waals surface area (Å²) in [6, 6.07) is 8.15. The van der Waals surface area contributed by atoms with Gasteiger partial charge in [-0.1, -0.05) is 30.2 Å². The molecule has 0 radical (unpaired) electrons. The van der Waals surface area contributed by atoms with Crippen LogP contribution in [-0.4, -0.2) is 18.7 Å². The van der Waals surface area contributed by atoms with Crippen LogP contribution in [0, 0.1) is 5.92 Å². The zero-order valence-corrected chi connectivity index (χ0v) is 12.9. The Morgan fingerprint density at radius 1 is 1.21 bits per heavy atom. The number of anilines is 1. The first kappa shape index (κ1) is 14.2. The molecule has 102 valence electrons. The van der Waals surface area contributed by atoms with Crippen LogP contribution in [0.25, 0.3) is 0 Å². The van der Waals surface area contributed by atoms with Gasteiger partial charge in [-0.25, -0.2) is 0 Å². The number of nitrogens with zero attached hydrogens (tertiary/aromatic N) is 1. The normalized spacial score (nSPS) is 25.2. The highest BCUT2D eigenvalue weighted by Crippen LogP contribution is 2.34. The minimum absolute atomic E-state index is 0.0381. The van der Waals surface area contributed by atoms with Gasteiger partial charge >= 0.3 is 0 Å². The van der Waals surface area contributed by atoms with Gasteiger partial charge in [0.2, 0.25) is 5.91 Å². The van der Waals surface area contributed by atoms with Crippen molar-refractivity contribution >= 4 is 23.4 Å². The van der Waals surface area contributed by atoms with Crippen molar-refractivity contribution in [3.8, 4) is 0 Å². The predicted octanol–water partition coefficient (Wildman–Crippen LogP) is 4.12. The Kier molecular flexibility index (Phi) is 4.35. The monoisotopic (exact) mass is 275 g/mol. The third kappa shape index (κ3) is 3.03. The summed E-state index contributed by atoms with van der Waals surface area (Å²) < 4.78 is 0. The highest BCUT2D eigenvalue weighted by molar-refractivity contribution is 7.99. The zero-order valence-electron chi connectivity index (χ0n) is 12.1.